The van der Waals surface area contributed by atoms with Crippen molar-refractivity contribution in [3.05, 3.63) is 47.7 Å². The number of aryl methyl sites for hydroxylation is 2. The van der Waals surface area contributed by atoms with Crippen molar-refractivity contribution < 1.29 is 0 Å². The SMILES string of the molecule is C=C(CCc1ccccc1CCS)NC. The highest BCUT2D eigenvalue weighted by Gasteiger charge is 2.01. The summed E-state index contributed by atoms with van der Waals surface area (Å²) in [6.07, 6.45) is 3.11. The van der Waals surface area contributed by atoms with Crippen LogP contribution in [0.15, 0.2) is 36.5 Å². The first-order valence-electron chi connectivity index (χ1n) is 5.31. The minimum absolute atomic E-state index is 0.907. The molecule has 0 amide bonds. The maximum atomic E-state index is 4.28. The number of hydrogen-bond donors (Lipinski definition) is 2. The number of thiol groups is 1. The van der Waals surface area contributed by atoms with Crippen molar-refractivity contribution in [1.29, 1.82) is 0 Å². The highest BCUT2D eigenvalue weighted by Crippen LogP contribution is 2.13. The van der Waals surface area contributed by atoms with Crippen LogP contribution in [-0.2, 0) is 12.8 Å². The van der Waals surface area contributed by atoms with Crippen molar-refractivity contribution in [2.24, 2.45) is 0 Å². The van der Waals surface area contributed by atoms with E-state index < -0.39 is 0 Å². The molecule has 0 bridgehead atoms. The molecule has 1 nitrogen and oxygen atoms in total. The van der Waals surface area contributed by atoms with Crippen LogP contribution in [0.2, 0.25) is 0 Å². The Hall–Kier alpha value is -0.890. The first-order valence-corrected chi connectivity index (χ1v) is 5.94. The first-order chi connectivity index (χ1) is 7.27. The molecule has 1 aromatic rings. The van der Waals surface area contributed by atoms with Gasteiger partial charge in [-0.1, -0.05) is 30.8 Å². The van der Waals surface area contributed by atoms with Crippen LogP contribution in [0, 0.1) is 0 Å². The second-order valence-electron chi connectivity index (χ2n) is 3.60. The Morgan fingerprint density at radius 3 is 2.40 bits per heavy atom. The lowest BCUT2D eigenvalue weighted by atomic mass is 10.0. The summed E-state index contributed by atoms with van der Waals surface area (Å²) in [5.74, 6) is 0.907. The van der Waals surface area contributed by atoms with E-state index in [-0.39, 0.29) is 0 Å². The van der Waals surface area contributed by atoms with E-state index in [1.54, 1.807) is 0 Å². The summed E-state index contributed by atoms with van der Waals surface area (Å²) in [5.41, 5.74) is 3.93. The third kappa shape index (κ3) is 4.00. The maximum absolute atomic E-state index is 4.28. The molecule has 1 N–H and O–H groups in total. The standard InChI is InChI=1S/C13H19NS/c1-11(14-2)7-8-12-5-3-4-6-13(12)9-10-15/h3-6,14-15H,1,7-10H2,2H3. The van der Waals surface area contributed by atoms with Crippen LogP contribution in [0.5, 0.6) is 0 Å². The monoisotopic (exact) mass is 221 g/mol. The number of rotatable bonds is 6. The summed E-state index contributed by atoms with van der Waals surface area (Å²) in [5, 5.41) is 3.08. The van der Waals surface area contributed by atoms with Crippen molar-refractivity contribution >= 4 is 12.6 Å². The van der Waals surface area contributed by atoms with Crippen molar-refractivity contribution in [2.75, 3.05) is 12.8 Å². The molecule has 1 rings (SSSR count). The average molecular weight is 221 g/mol. The van der Waals surface area contributed by atoms with Crippen molar-refractivity contribution in [2.45, 2.75) is 19.3 Å². The molecule has 0 aliphatic carbocycles. The minimum atomic E-state index is 0.907. The second kappa shape index (κ2) is 6.57. The molecule has 0 unspecified atom stereocenters. The summed E-state index contributed by atoms with van der Waals surface area (Å²) in [4.78, 5) is 0. The van der Waals surface area contributed by atoms with Gasteiger partial charge in [0.2, 0.25) is 0 Å². The van der Waals surface area contributed by atoms with Gasteiger partial charge in [0.25, 0.3) is 0 Å². The van der Waals surface area contributed by atoms with E-state index >= 15 is 0 Å². The predicted molar refractivity (Wildman–Crippen MR) is 70.5 cm³/mol. The Morgan fingerprint density at radius 2 is 1.87 bits per heavy atom. The number of nitrogens with one attached hydrogen (secondary N) is 1. The molecule has 0 fully saturated rings. The smallest absolute Gasteiger partial charge is 0.00343 e. The second-order valence-corrected chi connectivity index (χ2v) is 4.04. The average Bonchev–Trinajstić information content (AvgIpc) is 2.28. The molecule has 0 atom stereocenters. The predicted octanol–water partition coefficient (Wildman–Crippen LogP) is 2.82. The van der Waals surface area contributed by atoms with Gasteiger partial charge in [-0.3, -0.25) is 0 Å². The van der Waals surface area contributed by atoms with Gasteiger partial charge in [-0.15, -0.1) is 0 Å². The fraction of sp³-hybridized carbons (Fsp3) is 0.385. The number of hydrogen-bond acceptors (Lipinski definition) is 2. The van der Waals surface area contributed by atoms with Gasteiger partial charge in [-0.2, -0.15) is 12.6 Å². The summed E-state index contributed by atoms with van der Waals surface area (Å²) < 4.78 is 0. The molecule has 0 aliphatic heterocycles. The lowest BCUT2D eigenvalue weighted by Crippen LogP contribution is -2.06. The molecule has 82 valence electrons. The fourth-order valence-corrected chi connectivity index (χ4v) is 1.82. The van der Waals surface area contributed by atoms with Crippen LogP contribution in [0.4, 0.5) is 0 Å². The molecule has 0 saturated carbocycles. The molecular formula is C13H19NS. The Bertz CT molecular complexity index is 320. The zero-order chi connectivity index (χ0) is 11.1. The molecular weight excluding hydrogens is 202 g/mol. The lowest BCUT2D eigenvalue weighted by Gasteiger charge is -2.09. The first kappa shape index (κ1) is 12.2. The van der Waals surface area contributed by atoms with Crippen LogP contribution in [-0.4, -0.2) is 12.8 Å². The van der Waals surface area contributed by atoms with Gasteiger partial charge >= 0.3 is 0 Å². The molecule has 0 aliphatic rings. The van der Waals surface area contributed by atoms with E-state index in [2.05, 4.69) is 48.8 Å². The Labute approximate surface area is 98.0 Å². The molecule has 0 spiro atoms. The van der Waals surface area contributed by atoms with E-state index in [9.17, 15) is 0 Å². The van der Waals surface area contributed by atoms with Gasteiger partial charge in [0.05, 0.1) is 0 Å². The van der Waals surface area contributed by atoms with Crippen molar-refractivity contribution in [3.8, 4) is 0 Å². The Balaban J connectivity index is 2.62. The van der Waals surface area contributed by atoms with Gasteiger partial charge in [0, 0.05) is 12.7 Å². The minimum Gasteiger partial charge on any atom is -0.392 e. The van der Waals surface area contributed by atoms with Crippen LogP contribution < -0.4 is 5.32 Å². The topological polar surface area (TPSA) is 12.0 Å². The van der Waals surface area contributed by atoms with E-state index in [0.717, 1.165) is 30.7 Å². The summed E-state index contributed by atoms with van der Waals surface area (Å²) in [6.45, 7) is 3.94. The molecule has 15 heavy (non-hydrogen) atoms. The quantitative estimate of drug-likeness (QED) is 0.704. The van der Waals surface area contributed by atoms with E-state index in [1.807, 2.05) is 7.05 Å². The van der Waals surface area contributed by atoms with Gasteiger partial charge in [-0.05, 0) is 36.1 Å². The molecule has 0 saturated heterocycles. The molecule has 1 aromatic carbocycles. The van der Waals surface area contributed by atoms with Crippen molar-refractivity contribution in [3.63, 3.8) is 0 Å². The lowest BCUT2D eigenvalue weighted by molar-refractivity contribution is 0.834. The van der Waals surface area contributed by atoms with Gasteiger partial charge in [0.1, 0.15) is 0 Å². The van der Waals surface area contributed by atoms with E-state index in [0.29, 0.717) is 0 Å². The van der Waals surface area contributed by atoms with Gasteiger partial charge in [-0.25, -0.2) is 0 Å². The van der Waals surface area contributed by atoms with E-state index in [4.69, 9.17) is 0 Å². The summed E-state index contributed by atoms with van der Waals surface area (Å²) >= 11 is 4.28. The summed E-state index contributed by atoms with van der Waals surface area (Å²) in [7, 11) is 1.92. The molecule has 2 heteroatoms. The zero-order valence-electron chi connectivity index (χ0n) is 9.29. The van der Waals surface area contributed by atoms with E-state index in [1.165, 1.54) is 11.1 Å². The number of benzene rings is 1. The van der Waals surface area contributed by atoms with Crippen LogP contribution in [0.3, 0.4) is 0 Å². The number of allylic oxidation sites excluding steroid dienone is 1. The largest absolute Gasteiger partial charge is 0.392 e. The fourth-order valence-electron chi connectivity index (χ4n) is 1.58. The van der Waals surface area contributed by atoms with Gasteiger partial charge < -0.3 is 5.32 Å². The Kier molecular flexibility index (Phi) is 5.33. The third-order valence-electron chi connectivity index (χ3n) is 2.55. The zero-order valence-corrected chi connectivity index (χ0v) is 10.2. The normalized spacial score (nSPS) is 10.0. The molecule has 0 heterocycles. The summed E-state index contributed by atoms with van der Waals surface area (Å²) in [6, 6.07) is 8.57. The Morgan fingerprint density at radius 1 is 1.27 bits per heavy atom. The van der Waals surface area contributed by atoms with Gasteiger partial charge in [0.15, 0.2) is 0 Å². The highest BCUT2D eigenvalue weighted by molar-refractivity contribution is 7.80. The molecule has 0 radical (unpaired) electrons. The highest BCUT2D eigenvalue weighted by atomic mass is 32.1. The van der Waals surface area contributed by atoms with Crippen LogP contribution >= 0.6 is 12.6 Å². The molecule has 0 aromatic heterocycles. The third-order valence-corrected chi connectivity index (χ3v) is 2.77. The van der Waals surface area contributed by atoms with Crippen molar-refractivity contribution in [1.82, 2.24) is 5.32 Å². The van der Waals surface area contributed by atoms with Crippen LogP contribution in [0.25, 0.3) is 0 Å². The maximum Gasteiger partial charge on any atom is 0.00343 e. The van der Waals surface area contributed by atoms with Crippen LogP contribution in [0.1, 0.15) is 17.5 Å².